The van der Waals surface area contributed by atoms with E-state index in [2.05, 4.69) is 18.1 Å². The maximum Gasteiger partial charge on any atom is 0.128 e. The third kappa shape index (κ3) is 2.34. The Hall–Kier alpha value is -2.21. The molecule has 1 heterocycles. The molecule has 1 aliphatic carbocycles. The van der Waals surface area contributed by atoms with E-state index in [1.54, 1.807) is 0 Å². The van der Waals surface area contributed by atoms with Gasteiger partial charge in [-0.1, -0.05) is 36.3 Å². The lowest BCUT2D eigenvalue weighted by Gasteiger charge is -2.04. The molecule has 1 saturated carbocycles. The molecule has 3 heteroatoms. The van der Waals surface area contributed by atoms with Crippen molar-refractivity contribution in [2.75, 3.05) is 5.73 Å². The van der Waals surface area contributed by atoms with Crippen LogP contribution in [0, 0.1) is 12.3 Å². The summed E-state index contributed by atoms with van der Waals surface area (Å²) in [5.74, 6) is 5.02. The number of terminal acetylenes is 1. The van der Waals surface area contributed by atoms with E-state index in [9.17, 15) is 0 Å². The molecule has 0 saturated heterocycles. The zero-order valence-electron chi connectivity index (χ0n) is 10.8. The summed E-state index contributed by atoms with van der Waals surface area (Å²) in [7, 11) is 0. The fraction of sp³-hybridized carbons (Fsp3) is 0.312. The molecular weight excluding hydrogens is 234 g/mol. The smallest absolute Gasteiger partial charge is 0.128 e. The van der Waals surface area contributed by atoms with E-state index in [-0.39, 0.29) is 0 Å². The maximum atomic E-state index is 6.21. The fourth-order valence-electron chi connectivity index (χ4n) is 2.37. The SMILES string of the molecule is C#CCn1c(C2CC2)nc(Cc2ccccc2)c1N. The van der Waals surface area contributed by atoms with E-state index in [1.165, 1.54) is 18.4 Å². The lowest BCUT2D eigenvalue weighted by molar-refractivity contribution is 0.762. The predicted molar refractivity (Wildman–Crippen MR) is 76.7 cm³/mol. The maximum absolute atomic E-state index is 6.21. The van der Waals surface area contributed by atoms with E-state index >= 15 is 0 Å². The quantitative estimate of drug-likeness (QED) is 0.849. The Balaban J connectivity index is 1.93. The molecule has 0 amide bonds. The zero-order valence-corrected chi connectivity index (χ0v) is 10.8. The number of aromatic nitrogens is 2. The lowest BCUT2D eigenvalue weighted by atomic mass is 10.1. The second-order valence-electron chi connectivity index (χ2n) is 5.03. The van der Waals surface area contributed by atoms with Crippen LogP contribution in [0.4, 0.5) is 5.82 Å². The van der Waals surface area contributed by atoms with Crippen LogP contribution < -0.4 is 5.73 Å². The Morgan fingerprint density at radius 2 is 2.05 bits per heavy atom. The highest BCUT2D eigenvalue weighted by molar-refractivity contribution is 5.43. The van der Waals surface area contributed by atoms with Crippen molar-refractivity contribution in [3.05, 3.63) is 47.4 Å². The number of anilines is 1. The van der Waals surface area contributed by atoms with E-state index in [0.29, 0.717) is 12.5 Å². The number of imidazole rings is 1. The predicted octanol–water partition coefficient (Wildman–Crippen LogP) is 2.57. The average Bonchev–Trinajstić information content (AvgIpc) is 3.22. The van der Waals surface area contributed by atoms with Crippen LogP contribution in [0.15, 0.2) is 30.3 Å². The molecule has 0 radical (unpaired) electrons. The van der Waals surface area contributed by atoms with Crippen molar-refractivity contribution in [1.82, 2.24) is 9.55 Å². The summed E-state index contributed by atoms with van der Waals surface area (Å²) in [5.41, 5.74) is 8.38. The number of nitrogen functional groups attached to an aromatic ring is 1. The molecule has 1 aliphatic rings. The number of rotatable bonds is 4. The molecule has 0 bridgehead atoms. The van der Waals surface area contributed by atoms with Gasteiger partial charge in [-0.3, -0.25) is 0 Å². The summed E-state index contributed by atoms with van der Waals surface area (Å²) < 4.78 is 2.00. The van der Waals surface area contributed by atoms with Gasteiger partial charge in [0, 0.05) is 12.3 Å². The summed E-state index contributed by atoms with van der Waals surface area (Å²) in [6.45, 7) is 0.513. The van der Waals surface area contributed by atoms with Crippen LogP contribution in [0.1, 0.15) is 35.8 Å². The first-order valence-electron chi connectivity index (χ1n) is 6.61. The van der Waals surface area contributed by atoms with E-state index in [1.807, 2.05) is 22.8 Å². The van der Waals surface area contributed by atoms with Gasteiger partial charge in [-0.15, -0.1) is 6.42 Å². The molecule has 3 nitrogen and oxygen atoms in total. The molecule has 1 fully saturated rings. The van der Waals surface area contributed by atoms with Crippen molar-refractivity contribution in [1.29, 1.82) is 0 Å². The summed E-state index contributed by atoms with van der Waals surface area (Å²) in [5, 5.41) is 0. The molecule has 0 aliphatic heterocycles. The van der Waals surface area contributed by atoms with Gasteiger partial charge in [0.15, 0.2) is 0 Å². The Bertz CT molecular complexity index is 615. The number of nitrogens with zero attached hydrogens (tertiary/aromatic N) is 2. The highest BCUT2D eigenvalue weighted by atomic mass is 15.1. The molecule has 0 spiro atoms. The van der Waals surface area contributed by atoms with Crippen molar-refractivity contribution in [2.24, 2.45) is 0 Å². The van der Waals surface area contributed by atoms with Crippen LogP contribution in [-0.4, -0.2) is 9.55 Å². The minimum Gasteiger partial charge on any atom is -0.384 e. The van der Waals surface area contributed by atoms with E-state index in [4.69, 9.17) is 17.1 Å². The van der Waals surface area contributed by atoms with Gasteiger partial charge in [-0.05, 0) is 18.4 Å². The van der Waals surface area contributed by atoms with Gasteiger partial charge < -0.3 is 10.3 Å². The molecule has 1 aromatic carbocycles. The van der Waals surface area contributed by atoms with Crippen molar-refractivity contribution < 1.29 is 0 Å². The highest BCUT2D eigenvalue weighted by Gasteiger charge is 2.30. The first-order chi connectivity index (χ1) is 9.29. The molecular formula is C16H17N3. The molecule has 0 unspecified atom stereocenters. The van der Waals surface area contributed by atoms with Crippen molar-refractivity contribution in [3.63, 3.8) is 0 Å². The van der Waals surface area contributed by atoms with E-state index < -0.39 is 0 Å². The van der Waals surface area contributed by atoms with Crippen LogP contribution in [0.3, 0.4) is 0 Å². The van der Waals surface area contributed by atoms with Crippen LogP contribution in [0.2, 0.25) is 0 Å². The molecule has 2 N–H and O–H groups in total. The second-order valence-corrected chi connectivity index (χ2v) is 5.03. The largest absolute Gasteiger partial charge is 0.384 e. The van der Waals surface area contributed by atoms with Gasteiger partial charge >= 0.3 is 0 Å². The summed E-state index contributed by atoms with van der Waals surface area (Å²) >= 11 is 0. The van der Waals surface area contributed by atoms with Gasteiger partial charge in [0.05, 0.1) is 12.2 Å². The average molecular weight is 251 g/mol. The van der Waals surface area contributed by atoms with E-state index in [0.717, 1.165) is 23.8 Å². The Morgan fingerprint density at radius 3 is 2.68 bits per heavy atom. The Kier molecular flexibility index (Phi) is 3.00. The number of hydrogen-bond acceptors (Lipinski definition) is 2. The monoisotopic (exact) mass is 251 g/mol. The Morgan fingerprint density at radius 1 is 1.32 bits per heavy atom. The van der Waals surface area contributed by atoms with Gasteiger partial charge in [0.25, 0.3) is 0 Å². The van der Waals surface area contributed by atoms with Gasteiger partial charge in [-0.2, -0.15) is 0 Å². The normalized spacial score (nSPS) is 14.3. The second kappa shape index (κ2) is 4.81. The molecule has 1 aromatic heterocycles. The zero-order chi connectivity index (χ0) is 13.2. The van der Waals surface area contributed by atoms with Crippen molar-refractivity contribution in [2.45, 2.75) is 31.7 Å². The molecule has 2 aromatic rings. The van der Waals surface area contributed by atoms with Crippen LogP contribution in [0.5, 0.6) is 0 Å². The summed E-state index contributed by atoms with van der Waals surface area (Å²) in [6.07, 6.45) is 8.59. The third-order valence-corrected chi connectivity index (χ3v) is 3.52. The third-order valence-electron chi connectivity index (χ3n) is 3.52. The number of nitrogens with two attached hydrogens (primary N) is 1. The minimum absolute atomic E-state index is 0.513. The van der Waals surface area contributed by atoms with Crippen molar-refractivity contribution in [3.8, 4) is 12.3 Å². The number of hydrogen-bond donors (Lipinski definition) is 1. The van der Waals surface area contributed by atoms with Gasteiger partial charge in [0.2, 0.25) is 0 Å². The topological polar surface area (TPSA) is 43.8 Å². The van der Waals surface area contributed by atoms with Crippen LogP contribution >= 0.6 is 0 Å². The molecule has 3 rings (SSSR count). The van der Waals surface area contributed by atoms with Crippen LogP contribution in [-0.2, 0) is 13.0 Å². The van der Waals surface area contributed by atoms with Gasteiger partial charge in [-0.25, -0.2) is 4.98 Å². The van der Waals surface area contributed by atoms with Gasteiger partial charge in [0.1, 0.15) is 11.6 Å². The minimum atomic E-state index is 0.513. The number of benzene rings is 1. The van der Waals surface area contributed by atoms with Crippen molar-refractivity contribution >= 4 is 5.82 Å². The standard InChI is InChI=1S/C16H17N3/c1-2-10-19-15(17)14(18-16(19)13-8-9-13)11-12-6-4-3-5-7-12/h1,3-7,13H,8-11,17H2. The van der Waals surface area contributed by atoms with Crippen LogP contribution in [0.25, 0.3) is 0 Å². The highest BCUT2D eigenvalue weighted by Crippen LogP contribution is 2.40. The molecule has 0 atom stereocenters. The summed E-state index contributed by atoms with van der Waals surface area (Å²) in [6, 6.07) is 10.3. The lowest BCUT2D eigenvalue weighted by Crippen LogP contribution is -2.06. The first-order valence-corrected chi connectivity index (χ1v) is 6.61. The first kappa shape index (κ1) is 11.9. The fourth-order valence-corrected chi connectivity index (χ4v) is 2.37. The molecule has 96 valence electrons. The molecule has 19 heavy (non-hydrogen) atoms. The summed E-state index contributed by atoms with van der Waals surface area (Å²) in [4.78, 5) is 4.73. The Labute approximate surface area is 113 Å².